The molecule has 2 rings (SSSR count). The van der Waals surface area contributed by atoms with Crippen LogP contribution in [-0.4, -0.2) is 29.3 Å². The molecular weight excluding hydrogens is 270 g/mol. The second-order valence-electron chi connectivity index (χ2n) is 5.06. The van der Waals surface area contributed by atoms with Gasteiger partial charge in [-0.2, -0.15) is 0 Å². The molecule has 1 N–H and O–H groups in total. The lowest BCUT2D eigenvalue weighted by atomic mass is 10.0. The largest absolute Gasteiger partial charge is 0.478 e. The molecule has 1 amide bonds. The van der Waals surface area contributed by atoms with Gasteiger partial charge in [0.1, 0.15) is 0 Å². The summed E-state index contributed by atoms with van der Waals surface area (Å²) in [5.74, 6) is -2.12. The van der Waals surface area contributed by atoms with E-state index in [4.69, 9.17) is 5.11 Å². The number of ketones is 1. The van der Waals surface area contributed by atoms with Gasteiger partial charge in [0.15, 0.2) is 0 Å². The van der Waals surface area contributed by atoms with Gasteiger partial charge in [0.05, 0.1) is 11.3 Å². The van der Waals surface area contributed by atoms with E-state index in [-0.39, 0.29) is 12.1 Å². The fraction of sp³-hybridized carbons (Fsp3) is 0.312. The Bertz CT molecular complexity index is 673. The fourth-order valence-corrected chi connectivity index (χ4v) is 2.52. The normalized spacial score (nSPS) is 14.6. The van der Waals surface area contributed by atoms with E-state index in [0.717, 1.165) is 11.1 Å². The molecule has 0 saturated carbocycles. The Balaban J connectivity index is 2.45. The predicted octanol–water partition coefficient (Wildman–Crippen LogP) is 2.25. The highest BCUT2D eigenvalue weighted by atomic mass is 16.4. The van der Waals surface area contributed by atoms with E-state index in [9.17, 15) is 14.4 Å². The second kappa shape index (κ2) is 5.52. The van der Waals surface area contributed by atoms with Crippen LogP contribution >= 0.6 is 0 Å². The number of carbonyl (C=O) groups excluding carboxylic acids is 2. The van der Waals surface area contributed by atoms with Gasteiger partial charge < -0.3 is 10.0 Å². The van der Waals surface area contributed by atoms with Crippen LogP contribution in [0.25, 0.3) is 0 Å². The van der Waals surface area contributed by atoms with Crippen molar-refractivity contribution in [2.24, 2.45) is 0 Å². The van der Waals surface area contributed by atoms with Gasteiger partial charge in [0, 0.05) is 12.1 Å². The average Bonchev–Trinajstić information content (AvgIpc) is 2.69. The van der Waals surface area contributed by atoms with Gasteiger partial charge in [0.2, 0.25) is 0 Å². The van der Waals surface area contributed by atoms with E-state index in [2.05, 4.69) is 0 Å². The Morgan fingerprint density at radius 2 is 1.86 bits per heavy atom. The Morgan fingerprint density at radius 3 is 2.43 bits per heavy atom. The molecule has 0 fully saturated rings. The summed E-state index contributed by atoms with van der Waals surface area (Å²) in [6.07, 6.45) is 1.86. The first-order chi connectivity index (χ1) is 9.88. The Hall–Kier alpha value is -2.43. The summed E-state index contributed by atoms with van der Waals surface area (Å²) in [6.45, 7) is 5.45. The number of rotatable bonds is 4. The molecule has 0 aromatic heterocycles. The monoisotopic (exact) mass is 287 g/mol. The zero-order valence-corrected chi connectivity index (χ0v) is 12.3. The number of nitrogens with zero attached hydrogens (tertiary/aromatic N) is 1. The van der Waals surface area contributed by atoms with Crippen molar-refractivity contribution in [2.45, 2.75) is 27.2 Å². The Labute approximate surface area is 122 Å². The summed E-state index contributed by atoms with van der Waals surface area (Å²) in [4.78, 5) is 36.6. The average molecular weight is 287 g/mol. The lowest BCUT2D eigenvalue weighted by molar-refractivity contribution is -0.132. The molecule has 1 aliphatic rings. The molecule has 0 bridgehead atoms. The van der Waals surface area contributed by atoms with Gasteiger partial charge in [-0.25, -0.2) is 4.79 Å². The van der Waals surface area contributed by atoms with Crippen LogP contribution in [0.3, 0.4) is 0 Å². The summed E-state index contributed by atoms with van der Waals surface area (Å²) in [5, 5.41) is 9.02. The molecule has 0 atom stereocenters. The third kappa shape index (κ3) is 2.46. The zero-order chi connectivity index (χ0) is 15.7. The van der Waals surface area contributed by atoms with Gasteiger partial charge in [-0.05, 0) is 31.4 Å². The quantitative estimate of drug-likeness (QED) is 0.681. The van der Waals surface area contributed by atoms with E-state index >= 15 is 0 Å². The van der Waals surface area contributed by atoms with Gasteiger partial charge >= 0.3 is 5.97 Å². The Kier molecular flexibility index (Phi) is 3.93. The number of aliphatic carboxylic acids is 1. The first-order valence-electron chi connectivity index (χ1n) is 6.77. The van der Waals surface area contributed by atoms with Crippen molar-refractivity contribution in [3.8, 4) is 0 Å². The molecule has 1 aromatic carbocycles. The maximum absolute atomic E-state index is 12.1. The summed E-state index contributed by atoms with van der Waals surface area (Å²) in [6, 6.07) is 3.67. The molecule has 0 unspecified atom stereocenters. The maximum Gasteiger partial charge on any atom is 0.331 e. The molecule has 5 heteroatoms. The number of anilines is 1. The first kappa shape index (κ1) is 15.0. The van der Waals surface area contributed by atoms with Crippen LogP contribution in [0.5, 0.6) is 0 Å². The third-order valence-electron chi connectivity index (χ3n) is 3.70. The first-order valence-corrected chi connectivity index (χ1v) is 6.77. The summed E-state index contributed by atoms with van der Waals surface area (Å²) in [5.41, 5.74) is 2.85. The van der Waals surface area contributed by atoms with E-state index in [1.165, 1.54) is 11.0 Å². The summed E-state index contributed by atoms with van der Waals surface area (Å²) < 4.78 is 0. The van der Waals surface area contributed by atoms with Crippen LogP contribution in [0, 0.1) is 13.8 Å². The smallest absolute Gasteiger partial charge is 0.331 e. The van der Waals surface area contributed by atoms with Gasteiger partial charge in [-0.3, -0.25) is 9.59 Å². The molecule has 0 radical (unpaired) electrons. The maximum atomic E-state index is 12.1. The van der Waals surface area contributed by atoms with Gasteiger partial charge in [-0.15, -0.1) is 0 Å². The number of aryl methyl sites for hydroxylation is 2. The number of carbonyl (C=O) groups is 3. The molecule has 1 aliphatic heterocycles. The van der Waals surface area contributed by atoms with Crippen molar-refractivity contribution in [3.05, 3.63) is 40.5 Å². The van der Waals surface area contributed by atoms with Crippen LogP contribution in [-0.2, 0) is 9.59 Å². The minimum Gasteiger partial charge on any atom is -0.478 e. The highest BCUT2D eigenvalue weighted by Crippen LogP contribution is 2.34. The molecular formula is C16H17NO4. The fourth-order valence-electron chi connectivity index (χ4n) is 2.52. The molecule has 0 spiro atoms. The van der Waals surface area contributed by atoms with E-state index in [1.807, 2.05) is 19.1 Å². The van der Waals surface area contributed by atoms with Crippen LogP contribution in [0.1, 0.15) is 34.8 Å². The SMILES string of the molecule is CCC(=CCN1C(=O)C(=O)c2c(C)ccc(C)c21)C(=O)O. The van der Waals surface area contributed by atoms with E-state index in [1.54, 1.807) is 13.8 Å². The summed E-state index contributed by atoms with van der Waals surface area (Å²) >= 11 is 0. The lowest BCUT2D eigenvalue weighted by Gasteiger charge is -2.17. The highest BCUT2D eigenvalue weighted by Gasteiger charge is 2.37. The van der Waals surface area contributed by atoms with Crippen LogP contribution in [0.4, 0.5) is 5.69 Å². The van der Waals surface area contributed by atoms with E-state index in [0.29, 0.717) is 17.7 Å². The number of hydrogen-bond donors (Lipinski definition) is 1. The van der Waals surface area contributed by atoms with Gasteiger partial charge in [-0.1, -0.05) is 25.1 Å². The Morgan fingerprint density at radius 1 is 1.24 bits per heavy atom. The standard InChI is InChI=1S/C16H17NO4/c1-4-11(16(20)21)7-8-17-13-10(3)6-5-9(2)12(13)14(18)15(17)19/h5-7H,4,8H2,1-3H3,(H,20,21). The van der Waals surface area contributed by atoms with Crippen LogP contribution < -0.4 is 4.90 Å². The van der Waals surface area contributed by atoms with Crippen molar-refractivity contribution >= 4 is 23.3 Å². The van der Waals surface area contributed by atoms with Crippen LogP contribution in [0.15, 0.2) is 23.8 Å². The number of amides is 1. The van der Waals surface area contributed by atoms with Gasteiger partial charge in [0.25, 0.3) is 11.7 Å². The van der Waals surface area contributed by atoms with Crippen molar-refractivity contribution in [1.29, 1.82) is 0 Å². The third-order valence-corrected chi connectivity index (χ3v) is 3.70. The van der Waals surface area contributed by atoms with Crippen molar-refractivity contribution in [1.82, 2.24) is 0 Å². The number of Topliss-reactive ketones (excluding diaryl/α,β-unsaturated/α-hetero) is 1. The van der Waals surface area contributed by atoms with Crippen molar-refractivity contribution in [3.63, 3.8) is 0 Å². The number of carboxylic acid groups (broad SMARTS) is 1. The zero-order valence-electron chi connectivity index (χ0n) is 12.3. The lowest BCUT2D eigenvalue weighted by Crippen LogP contribution is -2.30. The summed E-state index contributed by atoms with van der Waals surface area (Å²) in [7, 11) is 0. The molecule has 5 nitrogen and oxygen atoms in total. The minimum atomic E-state index is -1.00. The molecule has 0 saturated heterocycles. The second-order valence-corrected chi connectivity index (χ2v) is 5.06. The molecule has 110 valence electrons. The number of hydrogen-bond acceptors (Lipinski definition) is 3. The molecule has 0 aliphatic carbocycles. The van der Waals surface area contributed by atoms with Crippen molar-refractivity contribution in [2.75, 3.05) is 11.4 Å². The van der Waals surface area contributed by atoms with Crippen LogP contribution in [0.2, 0.25) is 0 Å². The number of benzene rings is 1. The predicted molar refractivity (Wildman–Crippen MR) is 78.6 cm³/mol. The number of fused-ring (bicyclic) bond motifs is 1. The number of carboxylic acids is 1. The molecule has 21 heavy (non-hydrogen) atoms. The molecule has 1 aromatic rings. The highest BCUT2D eigenvalue weighted by molar-refractivity contribution is 6.52. The van der Waals surface area contributed by atoms with Crippen molar-refractivity contribution < 1.29 is 19.5 Å². The minimum absolute atomic E-state index is 0.0946. The molecule has 1 heterocycles. The topological polar surface area (TPSA) is 74.7 Å². The van der Waals surface area contributed by atoms with E-state index < -0.39 is 17.7 Å².